The summed E-state index contributed by atoms with van der Waals surface area (Å²) >= 11 is 0. The zero-order chi connectivity index (χ0) is 24.0. The number of fused-ring (bicyclic) bond motifs is 1. The van der Waals surface area contributed by atoms with Crippen LogP contribution in [0.5, 0.6) is 5.75 Å². The standard InChI is InChI=1S/C21H22FN3O.C2HF3O2/c1-2-19(16-4-6-21-17(12-16)7-10-26-21)24-13-15-3-5-20(18(22)11-15)25-9-8-23-14-25;3-2(4,5)1(6)7/h3-6,8-9,11-12,14,19,24H,2,7,10,13H2,1H3;(H,6,7). The SMILES string of the molecule is CCC(NCc1ccc(-n2ccnc2)c(F)c1)c1ccc2c(c1)CCO2.O=C(O)C(F)(F)F. The van der Waals surface area contributed by atoms with Crippen LogP contribution in [0.2, 0.25) is 0 Å². The lowest BCUT2D eigenvalue weighted by molar-refractivity contribution is -0.192. The van der Waals surface area contributed by atoms with E-state index < -0.39 is 12.1 Å². The maximum absolute atomic E-state index is 14.4. The first kappa shape index (κ1) is 24.2. The van der Waals surface area contributed by atoms with Gasteiger partial charge in [0.15, 0.2) is 0 Å². The summed E-state index contributed by atoms with van der Waals surface area (Å²) in [6.07, 6.45) is 1.83. The Balaban J connectivity index is 0.000000383. The molecule has 0 amide bonds. The number of benzene rings is 2. The van der Waals surface area contributed by atoms with Gasteiger partial charge in [-0.05, 0) is 41.3 Å². The van der Waals surface area contributed by atoms with Crippen LogP contribution in [0.1, 0.15) is 36.1 Å². The molecule has 0 radical (unpaired) electrons. The van der Waals surface area contributed by atoms with E-state index in [4.69, 9.17) is 14.6 Å². The monoisotopic (exact) mass is 465 g/mol. The van der Waals surface area contributed by atoms with E-state index in [0.717, 1.165) is 30.8 Å². The quantitative estimate of drug-likeness (QED) is 0.511. The number of nitrogens with one attached hydrogen (secondary N) is 1. The highest BCUT2D eigenvalue weighted by molar-refractivity contribution is 5.73. The van der Waals surface area contributed by atoms with Crippen LogP contribution in [0.25, 0.3) is 5.69 Å². The largest absolute Gasteiger partial charge is 0.493 e. The third-order valence-corrected chi connectivity index (χ3v) is 5.11. The van der Waals surface area contributed by atoms with Crippen molar-refractivity contribution in [1.82, 2.24) is 14.9 Å². The predicted octanol–water partition coefficient (Wildman–Crippen LogP) is 4.82. The van der Waals surface area contributed by atoms with E-state index >= 15 is 0 Å². The highest BCUT2D eigenvalue weighted by atomic mass is 19.4. The van der Waals surface area contributed by atoms with Crippen molar-refractivity contribution in [3.63, 3.8) is 0 Å². The van der Waals surface area contributed by atoms with Crippen molar-refractivity contribution in [1.29, 1.82) is 0 Å². The van der Waals surface area contributed by atoms with Crippen molar-refractivity contribution < 1.29 is 32.2 Å². The number of carboxylic acids is 1. The average Bonchev–Trinajstić information content (AvgIpc) is 3.46. The minimum absolute atomic E-state index is 0.234. The van der Waals surface area contributed by atoms with Gasteiger partial charge in [0, 0.05) is 31.4 Å². The van der Waals surface area contributed by atoms with Gasteiger partial charge in [0.25, 0.3) is 0 Å². The Labute approximate surface area is 187 Å². The molecule has 2 heterocycles. The van der Waals surface area contributed by atoms with Gasteiger partial charge in [-0.15, -0.1) is 0 Å². The minimum Gasteiger partial charge on any atom is -0.493 e. The van der Waals surface area contributed by atoms with Gasteiger partial charge in [-0.2, -0.15) is 13.2 Å². The third kappa shape index (κ3) is 6.32. The topological polar surface area (TPSA) is 76.4 Å². The summed E-state index contributed by atoms with van der Waals surface area (Å²) in [4.78, 5) is 12.9. The van der Waals surface area contributed by atoms with Crippen LogP contribution in [0.4, 0.5) is 17.6 Å². The van der Waals surface area contributed by atoms with Gasteiger partial charge in [-0.1, -0.05) is 25.1 Å². The fraction of sp³-hybridized carbons (Fsp3) is 0.304. The number of ether oxygens (including phenoxy) is 1. The van der Waals surface area contributed by atoms with Gasteiger partial charge >= 0.3 is 12.1 Å². The lowest BCUT2D eigenvalue weighted by Crippen LogP contribution is -2.21. The molecule has 0 saturated carbocycles. The molecule has 0 aliphatic carbocycles. The number of carbonyl (C=O) groups is 1. The number of carboxylic acid groups (broad SMARTS) is 1. The lowest BCUT2D eigenvalue weighted by Gasteiger charge is -2.18. The molecule has 4 rings (SSSR count). The first-order valence-electron chi connectivity index (χ1n) is 10.2. The molecular formula is C23H23F4N3O3. The first-order valence-corrected chi connectivity index (χ1v) is 10.2. The van der Waals surface area contributed by atoms with E-state index in [0.29, 0.717) is 12.2 Å². The van der Waals surface area contributed by atoms with E-state index in [1.54, 1.807) is 35.4 Å². The van der Waals surface area contributed by atoms with Crippen molar-refractivity contribution in [2.45, 2.75) is 38.5 Å². The molecule has 6 nitrogen and oxygen atoms in total. The Morgan fingerprint density at radius 1 is 1.27 bits per heavy atom. The summed E-state index contributed by atoms with van der Waals surface area (Å²) in [5, 5.41) is 10.7. The molecule has 1 atom stereocenters. The molecule has 0 bridgehead atoms. The number of alkyl halides is 3. The van der Waals surface area contributed by atoms with Gasteiger partial charge in [0.05, 0.1) is 18.6 Å². The molecule has 33 heavy (non-hydrogen) atoms. The molecule has 10 heteroatoms. The molecule has 0 spiro atoms. The van der Waals surface area contributed by atoms with Crippen LogP contribution in [-0.2, 0) is 17.8 Å². The fourth-order valence-corrected chi connectivity index (χ4v) is 3.43. The van der Waals surface area contributed by atoms with Crippen molar-refractivity contribution in [3.8, 4) is 11.4 Å². The maximum atomic E-state index is 14.4. The van der Waals surface area contributed by atoms with Gasteiger partial charge in [0.1, 0.15) is 11.6 Å². The Hall–Kier alpha value is -3.40. The Bertz CT molecular complexity index is 1090. The molecule has 2 N–H and O–H groups in total. The molecule has 2 aromatic carbocycles. The fourth-order valence-electron chi connectivity index (χ4n) is 3.43. The lowest BCUT2D eigenvalue weighted by atomic mass is 10.0. The third-order valence-electron chi connectivity index (χ3n) is 5.11. The number of aromatic nitrogens is 2. The van der Waals surface area contributed by atoms with Gasteiger partial charge in [-0.3, -0.25) is 0 Å². The molecule has 0 saturated heterocycles. The number of rotatable bonds is 6. The number of hydrogen-bond donors (Lipinski definition) is 2. The number of nitrogens with zero attached hydrogens (tertiary/aromatic N) is 2. The van der Waals surface area contributed by atoms with Crippen LogP contribution in [0.15, 0.2) is 55.1 Å². The number of aliphatic carboxylic acids is 1. The Morgan fingerprint density at radius 3 is 2.64 bits per heavy atom. The number of hydrogen-bond acceptors (Lipinski definition) is 4. The summed E-state index contributed by atoms with van der Waals surface area (Å²) in [6, 6.07) is 12.0. The van der Waals surface area contributed by atoms with E-state index in [9.17, 15) is 17.6 Å². The molecular weight excluding hydrogens is 442 g/mol. The molecule has 176 valence electrons. The molecule has 1 aliphatic rings. The summed E-state index contributed by atoms with van der Waals surface area (Å²) < 4.78 is 53.4. The smallest absolute Gasteiger partial charge is 0.490 e. The second kappa shape index (κ2) is 10.5. The van der Waals surface area contributed by atoms with E-state index in [1.807, 2.05) is 6.07 Å². The van der Waals surface area contributed by atoms with Gasteiger partial charge in [0.2, 0.25) is 0 Å². The summed E-state index contributed by atoms with van der Waals surface area (Å²) in [6.45, 7) is 3.54. The van der Waals surface area contributed by atoms with Crippen molar-refractivity contribution >= 4 is 5.97 Å². The van der Waals surface area contributed by atoms with Crippen LogP contribution in [0.3, 0.4) is 0 Å². The Morgan fingerprint density at radius 2 is 2.03 bits per heavy atom. The molecule has 1 aromatic heterocycles. The van der Waals surface area contributed by atoms with Crippen LogP contribution >= 0.6 is 0 Å². The number of halogens is 4. The second-order valence-electron chi connectivity index (χ2n) is 7.37. The van der Waals surface area contributed by atoms with Crippen LogP contribution in [0, 0.1) is 5.82 Å². The molecule has 1 aliphatic heterocycles. The summed E-state index contributed by atoms with van der Waals surface area (Å²) in [7, 11) is 0. The van der Waals surface area contributed by atoms with E-state index in [1.165, 1.54) is 11.1 Å². The van der Waals surface area contributed by atoms with E-state index in [2.05, 4.69) is 35.4 Å². The van der Waals surface area contributed by atoms with Crippen molar-refractivity contribution in [2.75, 3.05) is 6.61 Å². The summed E-state index contributed by atoms with van der Waals surface area (Å²) in [5.74, 6) is -2.00. The van der Waals surface area contributed by atoms with Crippen LogP contribution in [-0.4, -0.2) is 33.4 Å². The predicted molar refractivity (Wildman–Crippen MR) is 113 cm³/mol. The second-order valence-corrected chi connectivity index (χ2v) is 7.37. The molecule has 0 fully saturated rings. The zero-order valence-corrected chi connectivity index (χ0v) is 17.8. The minimum atomic E-state index is -5.08. The Kier molecular flexibility index (Phi) is 7.70. The van der Waals surface area contributed by atoms with Crippen LogP contribution < -0.4 is 10.1 Å². The normalized spacial score (nSPS) is 13.5. The maximum Gasteiger partial charge on any atom is 0.490 e. The molecule has 3 aromatic rings. The summed E-state index contributed by atoms with van der Waals surface area (Å²) in [5.41, 5.74) is 3.97. The average molecular weight is 465 g/mol. The highest BCUT2D eigenvalue weighted by Gasteiger charge is 2.38. The first-order chi connectivity index (χ1) is 15.7. The van der Waals surface area contributed by atoms with Crippen molar-refractivity contribution in [3.05, 3.63) is 77.6 Å². The zero-order valence-electron chi connectivity index (χ0n) is 17.8. The molecule has 1 unspecified atom stereocenters. The van der Waals surface area contributed by atoms with Gasteiger partial charge < -0.3 is 19.7 Å². The van der Waals surface area contributed by atoms with Gasteiger partial charge in [-0.25, -0.2) is 14.2 Å². The number of imidazole rings is 1. The van der Waals surface area contributed by atoms with E-state index in [-0.39, 0.29) is 11.9 Å². The van der Waals surface area contributed by atoms with Crippen molar-refractivity contribution in [2.24, 2.45) is 0 Å². The highest BCUT2D eigenvalue weighted by Crippen LogP contribution is 2.29.